The Morgan fingerprint density at radius 3 is 2.29 bits per heavy atom. The van der Waals surface area contributed by atoms with Gasteiger partial charge in [0.05, 0.1) is 16.3 Å². The molecule has 0 aliphatic carbocycles. The highest BCUT2D eigenvalue weighted by atomic mass is 32.2. The Morgan fingerprint density at radius 1 is 1.19 bits per heavy atom. The molecule has 0 aliphatic rings. The molecule has 0 bridgehead atoms. The number of benzene rings is 2. The maximum Gasteiger partial charge on any atom is 0.264 e. The molecule has 2 rings (SSSR count). The first-order valence-corrected chi connectivity index (χ1v) is 7.51. The van der Waals surface area contributed by atoms with Crippen molar-refractivity contribution >= 4 is 21.4 Å². The quantitative estimate of drug-likeness (QED) is 0.852. The fourth-order valence-electron chi connectivity index (χ4n) is 1.87. The molecule has 0 radical (unpaired) electrons. The third-order valence-corrected chi connectivity index (χ3v) is 4.89. The zero-order valence-electron chi connectivity index (χ0n) is 11.5. The molecule has 0 heterocycles. The molecule has 0 amide bonds. The molecule has 7 heteroatoms. The molecular formula is C14H15FN2O3S. The second-order valence-electron chi connectivity index (χ2n) is 4.63. The van der Waals surface area contributed by atoms with Gasteiger partial charge in [-0.15, -0.1) is 0 Å². The van der Waals surface area contributed by atoms with Gasteiger partial charge in [-0.2, -0.15) is 0 Å². The van der Waals surface area contributed by atoms with Gasteiger partial charge >= 0.3 is 0 Å². The van der Waals surface area contributed by atoms with Crippen molar-refractivity contribution in [3.63, 3.8) is 0 Å². The Labute approximate surface area is 122 Å². The van der Waals surface area contributed by atoms with E-state index in [1.165, 1.54) is 44.3 Å². The summed E-state index contributed by atoms with van der Waals surface area (Å²) in [4.78, 5) is -0.0884. The Hall–Kier alpha value is -2.28. The number of hydrogen-bond donors (Lipinski definition) is 2. The van der Waals surface area contributed by atoms with Crippen molar-refractivity contribution in [2.75, 3.05) is 17.1 Å². The van der Waals surface area contributed by atoms with E-state index in [0.29, 0.717) is 5.69 Å². The van der Waals surface area contributed by atoms with Crippen LogP contribution in [0.3, 0.4) is 0 Å². The number of anilines is 2. The Kier molecular flexibility index (Phi) is 3.78. The second-order valence-corrected chi connectivity index (χ2v) is 6.60. The lowest BCUT2D eigenvalue weighted by Gasteiger charge is -2.20. The van der Waals surface area contributed by atoms with Crippen molar-refractivity contribution in [3.8, 4) is 5.75 Å². The van der Waals surface area contributed by atoms with Crippen molar-refractivity contribution < 1.29 is 17.9 Å². The standard InChI is InChI=1S/C14H15FN2O3S/c1-9-7-12(8-13(16)14(9)15)21(19,20)17(2)10-3-5-11(18)6-4-10/h3-8,18H,16H2,1-2H3. The second kappa shape index (κ2) is 5.25. The zero-order valence-corrected chi connectivity index (χ0v) is 12.4. The molecule has 0 spiro atoms. The molecule has 0 aliphatic heterocycles. The summed E-state index contributed by atoms with van der Waals surface area (Å²) in [7, 11) is -2.49. The number of hydrogen-bond acceptors (Lipinski definition) is 4. The Bertz CT molecular complexity index is 750. The first-order chi connectivity index (χ1) is 9.73. The SMILES string of the molecule is Cc1cc(S(=O)(=O)N(C)c2ccc(O)cc2)cc(N)c1F. The number of aromatic hydroxyl groups is 1. The summed E-state index contributed by atoms with van der Waals surface area (Å²) < 4.78 is 39.6. The fourth-order valence-corrected chi connectivity index (χ4v) is 3.19. The van der Waals surface area contributed by atoms with E-state index in [2.05, 4.69) is 0 Å². The molecule has 0 aromatic heterocycles. The average Bonchev–Trinajstić information content (AvgIpc) is 2.44. The number of phenols is 1. The number of aryl methyl sites for hydroxylation is 1. The van der Waals surface area contributed by atoms with E-state index >= 15 is 0 Å². The van der Waals surface area contributed by atoms with E-state index in [1.54, 1.807) is 0 Å². The van der Waals surface area contributed by atoms with Crippen LogP contribution in [0.25, 0.3) is 0 Å². The lowest BCUT2D eigenvalue weighted by molar-refractivity contribution is 0.475. The fraction of sp³-hybridized carbons (Fsp3) is 0.143. The number of halogens is 1. The lowest BCUT2D eigenvalue weighted by Crippen LogP contribution is -2.26. The van der Waals surface area contributed by atoms with Gasteiger partial charge in [-0.1, -0.05) is 0 Å². The minimum atomic E-state index is -3.86. The normalized spacial score (nSPS) is 11.4. The molecule has 0 saturated heterocycles. The summed E-state index contributed by atoms with van der Waals surface area (Å²) in [5.74, 6) is -0.590. The number of sulfonamides is 1. The van der Waals surface area contributed by atoms with E-state index < -0.39 is 15.8 Å². The summed E-state index contributed by atoms with van der Waals surface area (Å²) in [6.45, 7) is 1.45. The number of phenolic OH excluding ortho intramolecular Hbond substituents is 1. The van der Waals surface area contributed by atoms with Crippen LogP contribution in [-0.4, -0.2) is 20.6 Å². The predicted octanol–water partition coefficient (Wildman–Crippen LogP) is 2.25. The average molecular weight is 310 g/mol. The summed E-state index contributed by atoms with van der Waals surface area (Å²) >= 11 is 0. The molecule has 0 fully saturated rings. The third kappa shape index (κ3) is 2.78. The van der Waals surface area contributed by atoms with Crippen LogP contribution in [0, 0.1) is 12.7 Å². The minimum absolute atomic E-state index is 0.0337. The molecule has 2 aromatic rings. The van der Waals surface area contributed by atoms with Gasteiger partial charge in [0.1, 0.15) is 11.6 Å². The van der Waals surface area contributed by atoms with E-state index in [1.807, 2.05) is 0 Å². The minimum Gasteiger partial charge on any atom is -0.508 e. The predicted molar refractivity (Wildman–Crippen MR) is 79.2 cm³/mol. The largest absolute Gasteiger partial charge is 0.508 e. The number of rotatable bonds is 3. The van der Waals surface area contributed by atoms with Gasteiger partial charge in [0.15, 0.2) is 0 Å². The van der Waals surface area contributed by atoms with Crippen LogP contribution >= 0.6 is 0 Å². The van der Waals surface area contributed by atoms with Gasteiger partial charge < -0.3 is 10.8 Å². The van der Waals surface area contributed by atoms with E-state index in [9.17, 15) is 17.9 Å². The molecule has 0 atom stereocenters. The highest BCUT2D eigenvalue weighted by Gasteiger charge is 2.23. The summed E-state index contributed by atoms with van der Waals surface area (Å²) in [6, 6.07) is 8.02. The van der Waals surface area contributed by atoms with E-state index in [-0.39, 0.29) is 21.9 Å². The Balaban J connectivity index is 2.49. The van der Waals surface area contributed by atoms with Gasteiger partial charge in [-0.25, -0.2) is 12.8 Å². The van der Waals surface area contributed by atoms with Gasteiger partial charge in [0.25, 0.3) is 10.0 Å². The molecule has 2 aromatic carbocycles. The van der Waals surface area contributed by atoms with Gasteiger partial charge in [0.2, 0.25) is 0 Å². The highest BCUT2D eigenvalue weighted by Crippen LogP contribution is 2.27. The zero-order chi connectivity index (χ0) is 15.8. The molecule has 0 unspecified atom stereocenters. The monoisotopic (exact) mass is 310 g/mol. The van der Waals surface area contributed by atoms with E-state index in [0.717, 1.165) is 10.4 Å². The van der Waals surface area contributed by atoms with Crippen LogP contribution in [-0.2, 0) is 10.0 Å². The molecule has 0 saturated carbocycles. The molecule has 112 valence electrons. The Morgan fingerprint density at radius 2 is 1.76 bits per heavy atom. The van der Waals surface area contributed by atoms with Crippen LogP contribution in [0.15, 0.2) is 41.3 Å². The molecular weight excluding hydrogens is 295 g/mol. The third-order valence-electron chi connectivity index (χ3n) is 3.13. The van der Waals surface area contributed by atoms with Gasteiger partial charge in [-0.05, 0) is 48.9 Å². The van der Waals surface area contributed by atoms with Gasteiger partial charge in [-0.3, -0.25) is 4.31 Å². The van der Waals surface area contributed by atoms with Crippen molar-refractivity contribution in [1.82, 2.24) is 0 Å². The van der Waals surface area contributed by atoms with Crippen LogP contribution < -0.4 is 10.0 Å². The maximum absolute atomic E-state index is 13.5. The number of nitrogen functional groups attached to an aromatic ring is 1. The summed E-state index contributed by atoms with van der Waals surface area (Å²) in [6.07, 6.45) is 0. The van der Waals surface area contributed by atoms with Crippen LogP contribution in [0.2, 0.25) is 0 Å². The number of nitrogens with two attached hydrogens (primary N) is 1. The molecule has 5 nitrogen and oxygen atoms in total. The highest BCUT2D eigenvalue weighted by molar-refractivity contribution is 7.92. The summed E-state index contributed by atoms with van der Waals surface area (Å²) in [5, 5.41) is 9.24. The smallest absolute Gasteiger partial charge is 0.264 e. The maximum atomic E-state index is 13.5. The lowest BCUT2D eigenvalue weighted by atomic mass is 10.2. The topological polar surface area (TPSA) is 83.6 Å². The molecule has 3 N–H and O–H groups in total. The van der Waals surface area contributed by atoms with Crippen molar-refractivity contribution in [2.24, 2.45) is 0 Å². The van der Waals surface area contributed by atoms with Crippen molar-refractivity contribution in [2.45, 2.75) is 11.8 Å². The first-order valence-electron chi connectivity index (χ1n) is 6.07. The van der Waals surface area contributed by atoms with Crippen molar-refractivity contribution in [1.29, 1.82) is 0 Å². The van der Waals surface area contributed by atoms with Crippen LogP contribution in [0.5, 0.6) is 5.75 Å². The van der Waals surface area contributed by atoms with Crippen LogP contribution in [0.1, 0.15) is 5.56 Å². The van der Waals surface area contributed by atoms with Crippen LogP contribution in [0.4, 0.5) is 15.8 Å². The van der Waals surface area contributed by atoms with E-state index in [4.69, 9.17) is 5.73 Å². The number of nitrogens with zero attached hydrogens (tertiary/aromatic N) is 1. The molecule has 21 heavy (non-hydrogen) atoms. The van der Waals surface area contributed by atoms with Gasteiger partial charge in [0, 0.05) is 7.05 Å². The first kappa shape index (κ1) is 15.1. The van der Waals surface area contributed by atoms with Crippen molar-refractivity contribution in [3.05, 3.63) is 47.8 Å². The summed E-state index contributed by atoms with van der Waals surface area (Å²) in [5.41, 5.74) is 5.80.